The molecule has 1 aliphatic rings. The van der Waals surface area contributed by atoms with E-state index >= 15 is 0 Å². The van der Waals surface area contributed by atoms with Gasteiger partial charge >= 0.3 is 5.97 Å². The SMILES string of the molecule is Cc1cc(C(=O)O)cc(C2(N=C=O)CCC2)c1C. The van der Waals surface area contributed by atoms with Gasteiger partial charge in [0.2, 0.25) is 6.08 Å². The van der Waals surface area contributed by atoms with Gasteiger partial charge in [-0.25, -0.2) is 9.59 Å². The van der Waals surface area contributed by atoms with E-state index in [1.165, 1.54) is 0 Å². The Hall–Kier alpha value is -1.93. The van der Waals surface area contributed by atoms with E-state index in [0.29, 0.717) is 0 Å². The largest absolute Gasteiger partial charge is 0.478 e. The lowest BCUT2D eigenvalue weighted by molar-refractivity contribution is 0.0696. The minimum absolute atomic E-state index is 0.250. The topological polar surface area (TPSA) is 66.7 Å². The molecule has 0 aliphatic heterocycles. The first-order valence-corrected chi connectivity index (χ1v) is 5.94. The Morgan fingerprint density at radius 3 is 2.50 bits per heavy atom. The van der Waals surface area contributed by atoms with Gasteiger partial charge in [0.05, 0.1) is 11.1 Å². The lowest BCUT2D eigenvalue weighted by Crippen LogP contribution is -2.33. The lowest BCUT2D eigenvalue weighted by atomic mass is 9.70. The number of aliphatic imine (C=N–C) groups is 1. The van der Waals surface area contributed by atoms with Crippen LogP contribution in [0.15, 0.2) is 17.1 Å². The molecule has 1 aromatic rings. The van der Waals surface area contributed by atoms with Gasteiger partial charge in [-0.3, -0.25) is 0 Å². The number of aromatic carboxylic acids is 1. The summed E-state index contributed by atoms with van der Waals surface area (Å²) in [6.07, 6.45) is 4.20. The predicted molar refractivity (Wildman–Crippen MR) is 66.5 cm³/mol. The number of carboxylic acid groups (broad SMARTS) is 1. The van der Waals surface area contributed by atoms with Gasteiger partial charge in [0.25, 0.3) is 0 Å². The Kier molecular flexibility index (Phi) is 3.05. The second-order valence-electron chi connectivity index (χ2n) is 4.86. The maximum absolute atomic E-state index is 11.1. The van der Waals surface area contributed by atoms with E-state index in [0.717, 1.165) is 36.0 Å². The van der Waals surface area contributed by atoms with E-state index in [2.05, 4.69) is 4.99 Å². The molecule has 0 aromatic heterocycles. The maximum Gasteiger partial charge on any atom is 0.335 e. The molecule has 1 aromatic carbocycles. The monoisotopic (exact) mass is 245 g/mol. The van der Waals surface area contributed by atoms with Gasteiger partial charge in [-0.05, 0) is 61.9 Å². The summed E-state index contributed by atoms with van der Waals surface area (Å²) in [6.45, 7) is 3.82. The number of benzene rings is 1. The zero-order valence-electron chi connectivity index (χ0n) is 10.5. The van der Waals surface area contributed by atoms with Crippen LogP contribution in [0, 0.1) is 13.8 Å². The second-order valence-corrected chi connectivity index (χ2v) is 4.86. The Labute approximate surface area is 105 Å². The quantitative estimate of drug-likeness (QED) is 0.657. The van der Waals surface area contributed by atoms with Crippen molar-refractivity contribution in [1.29, 1.82) is 0 Å². The predicted octanol–water partition coefficient (Wildman–Crippen LogP) is 2.72. The fourth-order valence-electron chi connectivity index (χ4n) is 2.51. The van der Waals surface area contributed by atoms with Crippen LogP contribution < -0.4 is 0 Å². The molecule has 2 rings (SSSR count). The minimum atomic E-state index is -0.955. The number of isocyanates is 1. The summed E-state index contributed by atoms with van der Waals surface area (Å²) in [5, 5.41) is 9.10. The molecule has 1 fully saturated rings. The van der Waals surface area contributed by atoms with Crippen LogP contribution >= 0.6 is 0 Å². The molecule has 1 aliphatic carbocycles. The van der Waals surface area contributed by atoms with E-state index in [4.69, 9.17) is 5.11 Å². The second kappa shape index (κ2) is 4.39. The number of aryl methyl sites for hydroxylation is 1. The van der Waals surface area contributed by atoms with E-state index < -0.39 is 11.5 Å². The fraction of sp³-hybridized carbons (Fsp3) is 0.429. The molecule has 0 bridgehead atoms. The van der Waals surface area contributed by atoms with Crippen LogP contribution in [-0.4, -0.2) is 17.2 Å². The average Bonchev–Trinajstić information content (AvgIpc) is 2.27. The molecule has 0 radical (unpaired) electrons. The van der Waals surface area contributed by atoms with Crippen molar-refractivity contribution in [3.63, 3.8) is 0 Å². The van der Waals surface area contributed by atoms with Crippen LogP contribution in [0.2, 0.25) is 0 Å². The zero-order valence-corrected chi connectivity index (χ0v) is 10.5. The van der Waals surface area contributed by atoms with Crippen molar-refractivity contribution in [1.82, 2.24) is 0 Å². The zero-order chi connectivity index (χ0) is 13.3. The molecule has 4 heteroatoms. The summed E-state index contributed by atoms with van der Waals surface area (Å²) in [7, 11) is 0. The third-order valence-electron chi connectivity index (χ3n) is 3.86. The highest BCUT2D eigenvalue weighted by Crippen LogP contribution is 2.46. The summed E-state index contributed by atoms with van der Waals surface area (Å²) in [6, 6.07) is 3.29. The number of nitrogens with zero attached hydrogens (tertiary/aromatic N) is 1. The normalized spacial score (nSPS) is 16.6. The Balaban J connectivity index is 2.62. The van der Waals surface area contributed by atoms with Gasteiger partial charge in [-0.15, -0.1) is 0 Å². The first kappa shape index (κ1) is 12.5. The van der Waals surface area contributed by atoms with Crippen LogP contribution in [0.1, 0.15) is 46.3 Å². The molecule has 4 nitrogen and oxygen atoms in total. The Bertz CT molecular complexity index is 552. The smallest absolute Gasteiger partial charge is 0.335 e. The molecule has 1 saturated carbocycles. The maximum atomic E-state index is 11.1. The highest BCUT2D eigenvalue weighted by atomic mass is 16.4. The lowest BCUT2D eigenvalue weighted by Gasteiger charge is -2.38. The fourth-order valence-corrected chi connectivity index (χ4v) is 2.51. The summed E-state index contributed by atoms with van der Waals surface area (Å²) < 4.78 is 0. The van der Waals surface area contributed by atoms with Gasteiger partial charge < -0.3 is 5.11 Å². The highest BCUT2D eigenvalue weighted by molar-refractivity contribution is 5.88. The highest BCUT2D eigenvalue weighted by Gasteiger charge is 2.40. The van der Waals surface area contributed by atoms with Crippen molar-refractivity contribution in [2.75, 3.05) is 0 Å². The van der Waals surface area contributed by atoms with Crippen molar-refractivity contribution in [3.8, 4) is 0 Å². The molecule has 18 heavy (non-hydrogen) atoms. The Morgan fingerprint density at radius 1 is 1.39 bits per heavy atom. The number of carboxylic acids is 1. The average molecular weight is 245 g/mol. The van der Waals surface area contributed by atoms with Crippen LogP contribution in [0.3, 0.4) is 0 Å². The number of hydrogen-bond acceptors (Lipinski definition) is 3. The minimum Gasteiger partial charge on any atom is -0.478 e. The van der Waals surface area contributed by atoms with E-state index in [1.807, 2.05) is 13.8 Å². The molecule has 0 atom stereocenters. The van der Waals surface area contributed by atoms with Gasteiger partial charge in [-0.1, -0.05) is 0 Å². The number of carbonyl (C=O) groups is 1. The van der Waals surface area contributed by atoms with E-state index in [1.54, 1.807) is 18.2 Å². The summed E-state index contributed by atoms with van der Waals surface area (Å²) >= 11 is 0. The molecule has 0 unspecified atom stereocenters. The van der Waals surface area contributed by atoms with Gasteiger partial charge in [0.1, 0.15) is 0 Å². The standard InChI is InChI=1S/C14H15NO3/c1-9-6-11(13(17)18)7-12(10(9)2)14(15-8-16)4-3-5-14/h6-7H,3-5H2,1-2H3,(H,17,18). The van der Waals surface area contributed by atoms with Crippen LogP contribution in [0.5, 0.6) is 0 Å². The van der Waals surface area contributed by atoms with Crippen molar-refractivity contribution >= 4 is 12.0 Å². The molecule has 1 N–H and O–H groups in total. The van der Waals surface area contributed by atoms with Crippen molar-refractivity contribution < 1.29 is 14.7 Å². The third-order valence-corrected chi connectivity index (χ3v) is 3.86. The van der Waals surface area contributed by atoms with Gasteiger partial charge in [0.15, 0.2) is 0 Å². The number of hydrogen-bond donors (Lipinski definition) is 1. The first-order chi connectivity index (χ1) is 8.50. The van der Waals surface area contributed by atoms with E-state index in [9.17, 15) is 9.59 Å². The summed E-state index contributed by atoms with van der Waals surface area (Å²) in [5.41, 5.74) is 2.49. The molecule has 0 heterocycles. The number of carbonyl (C=O) groups excluding carboxylic acids is 1. The summed E-state index contributed by atoms with van der Waals surface area (Å²) in [5.74, 6) is -0.955. The molecular formula is C14H15NO3. The van der Waals surface area contributed by atoms with E-state index in [-0.39, 0.29) is 5.56 Å². The third kappa shape index (κ3) is 1.85. The van der Waals surface area contributed by atoms with Gasteiger partial charge in [-0.2, -0.15) is 4.99 Å². The van der Waals surface area contributed by atoms with Crippen LogP contribution in [0.4, 0.5) is 0 Å². The van der Waals surface area contributed by atoms with Gasteiger partial charge in [0, 0.05) is 0 Å². The molecule has 0 saturated heterocycles. The van der Waals surface area contributed by atoms with Crippen molar-refractivity contribution in [2.45, 2.75) is 38.6 Å². The summed E-state index contributed by atoms with van der Waals surface area (Å²) in [4.78, 5) is 25.6. The van der Waals surface area contributed by atoms with Crippen LogP contribution in [-0.2, 0) is 10.3 Å². The van der Waals surface area contributed by atoms with Crippen LogP contribution in [0.25, 0.3) is 0 Å². The number of rotatable bonds is 3. The van der Waals surface area contributed by atoms with Crippen molar-refractivity contribution in [2.24, 2.45) is 4.99 Å². The Morgan fingerprint density at radius 2 is 2.06 bits per heavy atom. The molecule has 0 amide bonds. The molecular weight excluding hydrogens is 230 g/mol. The molecule has 0 spiro atoms. The first-order valence-electron chi connectivity index (χ1n) is 5.94. The van der Waals surface area contributed by atoms with Crippen molar-refractivity contribution in [3.05, 3.63) is 34.4 Å². The molecule has 94 valence electrons.